The Bertz CT molecular complexity index is 403. The van der Waals surface area contributed by atoms with E-state index in [9.17, 15) is 0 Å². The van der Waals surface area contributed by atoms with Crippen molar-refractivity contribution in [2.45, 2.75) is 25.7 Å². The highest BCUT2D eigenvalue weighted by molar-refractivity contribution is 9.10. The van der Waals surface area contributed by atoms with Crippen LogP contribution in [-0.2, 0) is 0 Å². The summed E-state index contributed by atoms with van der Waals surface area (Å²) in [5.41, 5.74) is 1.67. The molecule has 0 heterocycles. The summed E-state index contributed by atoms with van der Waals surface area (Å²) < 4.78 is 0.954. The Balaban J connectivity index is 2.00. The lowest BCUT2D eigenvalue weighted by Crippen LogP contribution is -2.11. The number of nitrogens with zero attached hydrogens (tertiary/aromatic N) is 1. The molecule has 0 aliphatic heterocycles. The van der Waals surface area contributed by atoms with Gasteiger partial charge in [0.15, 0.2) is 0 Å². The average molecular weight is 279 g/mol. The summed E-state index contributed by atoms with van der Waals surface area (Å²) in [6.45, 7) is 0.996. The molecule has 0 atom stereocenters. The van der Waals surface area contributed by atoms with Crippen molar-refractivity contribution in [3.63, 3.8) is 0 Å². The quantitative estimate of drug-likeness (QED) is 0.910. The molecule has 0 unspecified atom stereocenters. The summed E-state index contributed by atoms with van der Waals surface area (Å²) in [4.78, 5) is 0. The zero-order valence-electron chi connectivity index (χ0n) is 9.17. The Morgan fingerprint density at radius 3 is 2.81 bits per heavy atom. The largest absolute Gasteiger partial charge is 0.384 e. The van der Waals surface area contributed by atoms with Crippen LogP contribution >= 0.6 is 15.9 Å². The molecule has 0 bridgehead atoms. The van der Waals surface area contributed by atoms with Crippen LogP contribution in [0.2, 0.25) is 0 Å². The first-order valence-corrected chi connectivity index (χ1v) is 6.52. The molecule has 1 aromatic rings. The highest BCUT2D eigenvalue weighted by Crippen LogP contribution is 2.26. The van der Waals surface area contributed by atoms with Gasteiger partial charge in [-0.15, -0.1) is 0 Å². The summed E-state index contributed by atoms with van der Waals surface area (Å²) in [5.74, 6) is 0.787. The fraction of sp³-hybridized carbons (Fsp3) is 0.462. The van der Waals surface area contributed by atoms with Crippen LogP contribution in [0.3, 0.4) is 0 Å². The maximum atomic E-state index is 9.02. The van der Waals surface area contributed by atoms with E-state index < -0.39 is 0 Å². The monoisotopic (exact) mass is 278 g/mol. The number of nitriles is 1. The van der Waals surface area contributed by atoms with Crippen molar-refractivity contribution in [3.8, 4) is 6.07 Å². The van der Waals surface area contributed by atoms with Crippen molar-refractivity contribution in [1.82, 2.24) is 0 Å². The van der Waals surface area contributed by atoms with Crippen LogP contribution in [-0.4, -0.2) is 6.54 Å². The second kappa shape index (κ2) is 5.36. The molecule has 1 fully saturated rings. The molecule has 1 aromatic carbocycles. The van der Waals surface area contributed by atoms with Gasteiger partial charge in [-0.2, -0.15) is 5.26 Å². The van der Waals surface area contributed by atoms with Gasteiger partial charge in [0.05, 0.1) is 11.3 Å². The highest BCUT2D eigenvalue weighted by Gasteiger charge is 2.14. The van der Waals surface area contributed by atoms with Gasteiger partial charge >= 0.3 is 0 Å². The first kappa shape index (κ1) is 11.5. The van der Waals surface area contributed by atoms with E-state index in [0.717, 1.165) is 22.6 Å². The Morgan fingerprint density at radius 2 is 2.12 bits per heavy atom. The molecule has 1 saturated carbocycles. The lowest BCUT2D eigenvalue weighted by molar-refractivity contribution is 0.580. The Hall–Kier alpha value is -1.01. The molecule has 1 aliphatic rings. The van der Waals surface area contributed by atoms with Gasteiger partial charge in [-0.25, -0.2) is 0 Å². The van der Waals surface area contributed by atoms with Crippen LogP contribution in [0.15, 0.2) is 22.7 Å². The third kappa shape index (κ3) is 2.76. The molecule has 3 heteroatoms. The predicted molar refractivity (Wildman–Crippen MR) is 69.3 cm³/mol. The van der Waals surface area contributed by atoms with Gasteiger partial charge in [0.1, 0.15) is 6.07 Å². The van der Waals surface area contributed by atoms with Gasteiger partial charge in [0.2, 0.25) is 0 Å². The summed E-state index contributed by atoms with van der Waals surface area (Å²) in [6, 6.07) is 8.02. The van der Waals surface area contributed by atoms with Crippen molar-refractivity contribution >= 4 is 21.6 Å². The van der Waals surface area contributed by atoms with Crippen molar-refractivity contribution in [3.05, 3.63) is 28.2 Å². The second-order valence-electron chi connectivity index (χ2n) is 4.33. The third-order valence-corrected chi connectivity index (χ3v) is 3.65. The van der Waals surface area contributed by atoms with Crippen LogP contribution in [0, 0.1) is 17.2 Å². The van der Waals surface area contributed by atoms with E-state index in [1.54, 1.807) is 0 Å². The van der Waals surface area contributed by atoms with Gasteiger partial charge in [-0.3, -0.25) is 0 Å². The van der Waals surface area contributed by atoms with E-state index >= 15 is 0 Å². The minimum absolute atomic E-state index is 0.715. The Kier molecular flexibility index (Phi) is 3.84. The average Bonchev–Trinajstić information content (AvgIpc) is 2.80. The van der Waals surface area contributed by atoms with E-state index in [1.165, 1.54) is 25.7 Å². The molecular weight excluding hydrogens is 264 g/mol. The van der Waals surface area contributed by atoms with E-state index in [1.807, 2.05) is 18.2 Å². The van der Waals surface area contributed by atoms with Gasteiger partial charge in [0, 0.05) is 11.0 Å². The van der Waals surface area contributed by atoms with Crippen molar-refractivity contribution in [1.29, 1.82) is 5.26 Å². The predicted octanol–water partition coefficient (Wildman–Crippen LogP) is 3.92. The summed E-state index contributed by atoms with van der Waals surface area (Å²) >= 11 is 3.38. The number of hydrogen-bond acceptors (Lipinski definition) is 2. The number of rotatable bonds is 3. The number of benzene rings is 1. The number of halogens is 1. The summed E-state index contributed by atoms with van der Waals surface area (Å²) in [6.07, 6.45) is 5.37. The lowest BCUT2D eigenvalue weighted by Gasteiger charge is -2.12. The molecule has 0 amide bonds. The van der Waals surface area contributed by atoms with Gasteiger partial charge in [0.25, 0.3) is 0 Å². The topological polar surface area (TPSA) is 35.8 Å². The molecule has 16 heavy (non-hydrogen) atoms. The van der Waals surface area contributed by atoms with Gasteiger partial charge < -0.3 is 5.32 Å². The Morgan fingerprint density at radius 1 is 1.38 bits per heavy atom. The fourth-order valence-corrected chi connectivity index (χ4v) is 2.59. The number of anilines is 1. The van der Waals surface area contributed by atoms with Gasteiger partial charge in [-0.1, -0.05) is 28.8 Å². The second-order valence-corrected chi connectivity index (χ2v) is 5.25. The smallest absolute Gasteiger partial charge is 0.101 e. The van der Waals surface area contributed by atoms with E-state index in [4.69, 9.17) is 5.26 Å². The molecule has 0 spiro atoms. The molecule has 0 aromatic heterocycles. The lowest BCUT2D eigenvalue weighted by atomic mass is 10.1. The van der Waals surface area contributed by atoms with Crippen LogP contribution < -0.4 is 5.32 Å². The maximum Gasteiger partial charge on any atom is 0.101 e. The molecule has 1 N–H and O–H groups in total. The molecule has 2 rings (SSSR count). The number of nitrogens with one attached hydrogen (secondary N) is 1. The molecule has 0 radical (unpaired) electrons. The van der Waals surface area contributed by atoms with Crippen molar-refractivity contribution in [2.24, 2.45) is 5.92 Å². The van der Waals surface area contributed by atoms with E-state index in [2.05, 4.69) is 27.3 Å². The van der Waals surface area contributed by atoms with Crippen molar-refractivity contribution in [2.75, 3.05) is 11.9 Å². The standard InChI is InChI=1S/C13H15BrN2/c14-12-5-6-13(11(7-12)8-15)16-9-10-3-1-2-4-10/h5-7,10,16H,1-4,9H2. The maximum absolute atomic E-state index is 9.02. The zero-order chi connectivity index (χ0) is 11.4. The first-order valence-electron chi connectivity index (χ1n) is 5.73. The van der Waals surface area contributed by atoms with Crippen LogP contribution in [0.4, 0.5) is 5.69 Å². The molecule has 2 nitrogen and oxygen atoms in total. The summed E-state index contributed by atoms with van der Waals surface area (Å²) in [7, 11) is 0. The van der Waals surface area contributed by atoms with E-state index in [-0.39, 0.29) is 0 Å². The molecule has 0 saturated heterocycles. The first-order chi connectivity index (χ1) is 7.79. The highest BCUT2D eigenvalue weighted by atomic mass is 79.9. The Labute approximate surface area is 105 Å². The van der Waals surface area contributed by atoms with E-state index in [0.29, 0.717) is 5.56 Å². The minimum Gasteiger partial charge on any atom is -0.384 e. The summed E-state index contributed by atoms with van der Waals surface area (Å²) in [5, 5.41) is 12.4. The molecule has 84 valence electrons. The SMILES string of the molecule is N#Cc1cc(Br)ccc1NCC1CCCC1. The zero-order valence-corrected chi connectivity index (χ0v) is 10.8. The minimum atomic E-state index is 0.715. The van der Waals surface area contributed by atoms with Crippen molar-refractivity contribution < 1.29 is 0 Å². The molecule has 1 aliphatic carbocycles. The molecular formula is C13H15BrN2. The van der Waals surface area contributed by atoms with Crippen LogP contribution in [0.1, 0.15) is 31.2 Å². The normalized spacial score (nSPS) is 16.0. The van der Waals surface area contributed by atoms with Gasteiger partial charge in [-0.05, 0) is 37.0 Å². The third-order valence-electron chi connectivity index (χ3n) is 3.16. The van der Waals surface area contributed by atoms with Crippen LogP contribution in [0.25, 0.3) is 0 Å². The fourth-order valence-electron chi connectivity index (χ4n) is 2.23. The van der Waals surface area contributed by atoms with Crippen LogP contribution in [0.5, 0.6) is 0 Å². The number of hydrogen-bond donors (Lipinski definition) is 1.